The Bertz CT molecular complexity index is 389. The van der Waals surface area contributed by atoms with Crippen molar-refractivity contribution in [1.82, 2.24) is 0 Å². The minimum absolute atomic E-state index is 0.0833. The molecule has 1 aromatic carbocycles. The molecule has 0 atom stereocenters. The molecule has 1 aromatic rings. The third-order valence-corrected chi connectivity index (χ3v) is 2.30. The van der Waals surface area contributed by atoms with Crippen LogP contribution in [-0.4, -0.2) is 12.9 Å². The lowest BCUT2D eigenvalue weighted by Gasteiger charge is -2.07. The summed E-state index contributed by atoms with van der Waals surface area (Å²) >= 11 is 0. The lowest BCUT2D eigenvalue weighted by molar-refractivity contribution is 0.0976. The van der Waals surface area contributed by atoms with Crippen LogP contribution in [0.25, 0.3) is 0 Å². The predicted octanol–water partition coefficient (Wildman–Crippen LogP) is 3.35. The Morgan fingerprint density at radius 3 is 2.50 bits per heavy atom. The first kappa shape index (κ1) is 12.6. The fourth-order valence-electron chi connectivity index (χ4n) is 1.39. The van der Waals surface area contributed by atoms with E-state index in [9.17, 15) is 13.6 Å². The summed E-state index contributed by atoms with van der Waals surface area (Å²) in [5, 5.41) is 0. The number of carbonyl (C=O) groups excluding carboxylic acids is 1. The molecule has 2 nitrogen and oxygen atoms in total. The highest BCUT2D eigenvalue weighted by molar-refractivity contribution is 5.98. The molecule has 1 rings (SSSR count). The smallest absolute Gasteiger partial charge is 0.166 e. The topological polar surface area (TPSA) is 26.3 Å². The molecule has 0 bridgehead atoms. The maximum absolute atomic E-state index is 13.0. The molecule has 16 heavy (non-hydrogen) atoms. The molecule has 0 aromatic heterocycles. The summed E-state index contributed by atoms with van der Waals surface area (Å²) in [6, 6.07) is 1.79. The second-order valence-corrected chi connectivity index (χ2v) is 3.49. The fraction of sp³-hybridized carbons (Fsp3) is 0.417. The van der Waals surface area contributed by atoms with E-state index >= 15 is 0 Å². The Balaban J connectivity index is 3.02. The van der Waals surface area contributed by atoms with Gasteiger partial charge in [-0.3, -0.25) is 4.79 Å². The molecule has 0 amide bonds. The number of rotatable bonds is 5. The Labute approximate surface area is 93.2 Å². The zero-order chi connectivity index (χ0) is 12.1. The van der Waals surface area contributed by atoms with Crippen molar-refractivity contribution in [3.8, 4) is 5.75 Å². The number of ketones is 1. The Kier molecular flexibility index (Phi) is 4.40. The van der Waals surface area contributed by atoms with Crippen molar-refractivity contribution in [2.45, 2.75) is 26.2 Å². The number of benzene rings is 1. The van der Waals surface area contributed by atoms with Gasteiger partial charge >= 0.3 is 0 Å². The first-order chi connectivity index (χ1) is 7.60. The van der Waals surface area contributed by atoms with Crippen molar-refractivity contribution in [2.24, 2.45) is 0 Å². The molecule has 0 aliphatic heterocycles. The van der Waals surface area contributed by atoms with Crippen LogP contribution in [-0.2, 0) is 0 Å². The Morgan fingerprint density at radius 1 is 1.31 bits per heavy atom. The third-order valence-electron chi connectivity index (χ3n) is 2.30. The monoisotopic (exact) mass is 228 g/mol. The molecular weight excluding hydrogens is 214 g/mol. The van der Waals surface area contributed by atoms with Crippen LogP contribution in [0.1, 0.15) is 36.5 Å². The molecule has 0 radical (unpaired) electrons. The molecule has 0 saturated carbocycles. The van der Waals surface area contributed by atoms with Crippen molar-refractivity contribution in [3.05, 3.63) is 29.3 Å². The van der Waals surface area contributed by atoms with Crippen LogP contribution in [0.15, 0.2) is 12.1 Å². The van der Waals surface area contributed by atoms with E-state index in [1.54, 1.807) is 0 Å². The lowest BCUT2D eigenvalue weighted by Crippen LogP contribution is -2.04. The van der Waals surface area contributed by atoms with Crippen molar-refractivity contribution >= 4 is 5.78 Å². The van der Waals surface area contributed by atoms with Gasteiger partial charge in [-0.1, -0.05) is 13.3 Å². The van der Waals surface area contributed by atoms with Crippen LogP contribution < -0.4 is 4.74 Å². The molecule has 0 heterocycles. The fourth-order valence-corrected chi connectivity index (χ4v) is 1.39. The molecule has 0 spiro atoms. The molecule has 0 N–H and O–H groups in total. The number of halogens is 2. The number of ether oxygens (including phenoxy) is 1. The highest BCUT2D eigenvalue weighted by atomic mass is 19.2. The van der Waals surface area contributed by atoms with Crippen LogP contribution in [0.2, 0.25) is 0 Å². The minimum Gasteiger partial charge on any atom is -0.496 e. The summed E-state index contributed by atoms with van der Waals surface area (Å²) in [4.78, 5) is 11.7. The average Bonchev–Trinajstić information content (AvgIpc) is 2.28. The van der Waals surface area contributed by atoms with E-state index in [-0.39, 0.29) is 17.1 Å². The van der Waals surface area contributed by atoms with Gasteiger partial charge in [-0.05, 0) is 12.5 Å². The Morgan fingerprint density at radius 2 is 1.94 bits per heavy atom. The zero-order valence-corrected chi connectivity index (χ0v) is 9.35. The summed E-state index contributed by atoms with van der Waals surface area (Å²) in [5.41, 5.74) is 0.106. The maximum atomic E-state index is 13.0. The first-order valence-electron chi connectivity index (χ1n) is 5.16. The largest absolute Gasteiger partial charge is 0.496 e. The molecule has 0 aliphatic carbocycles. The van der Waals surface area contributed by atoms with Gasteiger partial charge in [0.1, 0.15) is 5.75 Å². The van der Waals surface area contributed by atoms with E-state index in [4.69, 9.17) is 4.74 Å². The first-order valence-corrected chi connectivity index (χ1v) is 5.16. The summed E-state index contributed by atoms with van der Waals surface area (Å²) in [6.07, 6.45) is 1.91. The zero-order valence-electron chi connectivity index (χ0n) is 9.35. The van der Waals surface area contributed by atoms with Crippen LogP contribution in [0.4, 0.5) is 8.78 Å². The van der Waals surface area contributed by atoms with E-state index in [0.29, 0.717) is 6.42 Å². The normalized spacial score (nSPS) is 10.2. The Hall–Kier alpha value is -1.45. The van der Waals surface area contributed by atoms with E-state index in [2.05, 4.69) is 0 Å². The van der Waals surface area contributed by atoms with E-state index in [1.807, 2.05) is 6.92 Å². The molecule has 0 fully saturated rings. The van der Waals surface area contributed by atoms with Gasteiger partial charge in [0, 0.05) is 12.5 Å². The molecule has 0 saturated heterocycles. The lowest BCUT2D eigenvalue weighted by atomic mass is 10.0. The maximum Gasteiger partial charge on any atom is 0.166 e. The van der Waals surface area contributed by atoms with Gasteiger partial charge in [0.2, 0.25) is 0 Å². The number of unbranched alkanes of at least 4 members (excludes halogenated alkanes) is 1. The number of hydrogen-bond acceptors (Lipinski definition) is 2. The van der Waals surface area contributed by atoms with E-state index in [0.717, 1.165) is 25.0 Å². The van der Waals surface area contributed by atoms with E-state index < -0.39 is 11.6 Å². The van der Waals surface area contributed by atoms with Gasteiger partial charge < -0.3 is 4.74 Å². The van der Waals surface area contributed by atoms with Crippen molar-refractivity contribution in [1.29, 1.82) is 0 Å². The number of carbonyl (C=O) groups is 1. The van der Waals surface area contributed by atoms with Gasteiger partial charge in [0.15, 0.2) is 17.4 Å². The van der Waals surface area contributed by atoms with Crippen LogP contribution in [0.3, 0.4) is 0 Å². The quantitative estimate of drug-likeness (QED) is 0.722. The van der Waals surface area contributed by atoms with Crippen LogP contribution in [0, 0.1) is 11.6 Å². The predicted molar refractivity (Wildman–Crippen MR) is 56.8 cm³/mol. The van der Waals surface area contributed by atoms with Crippen molar-refractivity contribution < 1.29 is 18.3 Å². The summed E-state index contributed by atoms with van der Waals surface area (Å²) in [6.45, 7) is 1.95. The average molecular weight is 228 g/mol. The SMILES string of the molecule is CCCCC(=O)c1cc(F)c(F)cc1OC. The third kappa shape index (κ3) is 2.78. The van der Waals surface area contributed by atoms with Gasteiger partial charge in [-0.25, -0.2) is 8.78 Å². The summed E-state index contributed by atoms with van der Waals surface area (Å²) in [7, 11) is 1.32. The van der Waals surface area contributed by atoms with Gasteiger partial charge in [0.25, 0.3) is 0 Å². The van der Waals surface area contributed by atoms with Crippen LogP contribution in [0.5, 0.6) is 5.75 Å². The molecule has 4 heteroatoms. The van der Waals surface area contributed by atoms with Gasteiger partial charge in [-0.15, -0.1) is 0 Å². The molecular formula is C12H14F2O2. The second-order valence-electron chi connectivity index (χ2n) is 3.49. The van der Waals surface area contributed by atoms with E-state index in [1.165, 1.54) is 7.11 Å². The summed E-state index contributed by atoms with van der Waals surface area (Å²) in [5.74, 6) is -2.18. The van der Waals surface area contributed by atoms with Crippen molar-refractivity contribution in [2.75, 3.05) is 7.11 Å². The number of Topliss-reactive ketones (excluding diaryl/α,β-unsaturated/α-hetero) is 1. The van der Waals surface area contributed by atoms with Gasteiger partial charge in [-0.2, -0.15) is 0 Å². The highest BCUT2D eigenvalue weighted by Crippen LogP contribution is 2.23. The highest BCUT2D eigenvalue weighted by Gasteiger charge is 2.16. The van der Waals surface area contributed by atoms with Crippen molar-refractivity contribution in [3.63, 3.8) is 0 Å². The molecule has 0 aliphatic rings. The van der Waals surface area contributed by atoms with Gasteiger partial charge in [0.05, 0.1) is 12.7 Å². The number of hydrogen-bond donors (Lipinski definition) is 0. The molecule has 88 valence electrons. The second kappa shape index (κ2) is 5.58. The molecule has 0 unspecified atom stereocenters. The summed E-state index contributed by atoms with van der Waals surface area (Å²) < 4.78 is 30.7. The van der Waals surface area contributed by atoms with Crippen LogP contribution >= 0.6 is 0 Å². The number of methoxy groups -OCH3 is 1. The minimum atomic E-state index is -1.03. The standard InChI is InChI=1S/C12H14F2O2/c1-3-4-5-11(15)8-6-9(13)10(14)7-12(8)16-2/h6-7H,3-5H2,1-2H3.